The second-order valence-electron chi connectivity index (χ2n) is 5.75. The van der Waals surface area contributed by atoms with Crippen LogP contribution in [-0.2, 0) is 25.7 Å². The van der Waals surface area contributed by atoms with Crippen LogP contribution in [-0.4, -0.2) is 25.7 Å². The highest BCUT2D eigenvalue weighted by molar-refractivity contribution is 6.30. The second-order valence-corrected chi connectivity index (χ2v) is 6.19. The van der Waals surface area contributed by atoms with E-state index in [0.29, 0.717) is 17.4 Å². The number of benzene rings is 1. The molecule has 5 nitrogen and oxygen atoms in total. The van der Waals surface area contributed by atoms with Crippen molar-refractivity contribution in [1.29, 1.82) is 0 Å². The van der Waals surface area contributed by atoms with Crippen molar-refractivity contribution >= 4 is 23.5 Å². The van der Waals surface area contributed by atoms with E-state index < -0.39 is 5.97 Å². The second kappa shape index (κ2) is 12.6. The zero-order valence-corrected chi connectivity index (χ0v) is 15.8. The van der Waals surface area contributed by atoms with Gasteiger partial charge in [0.15, 0.2) is 0 Å². The number of hydrogen-bond acceptors (Lipinski definition) is 5. The number of hydrogen-bond donors (Lipinski definition) is 0. The van der Waals surface area contributed by atoms with Crippen molar-refractivity contribution in [2.75, 3.05) is 13.7 Å². The van der Waals surface area contributed by atoms with E-state index in [9.17, 15) is 9.59 Å². The van der Waals surface area contributed by atoms with Crippen LogP contribution in [0.1, 0.15) is 57.4 Å². The zero-order valence-electron chi connectivity index (χ0n) is 15.0. The number of halogens is 1. The number of rotatable bonds is 12. The molecule has 0 aliphatic rings. The smallest absolute Gasteiger partial charge is 0.306 e. The van der Waals surface area contributed by atoms with Gasteiger partial charge >= 0.3 is 11.9 Å². The van der Waals surface area contributed by atoms with Gasteiger partial charge in [-0.05, 0) is 18.6 Å². The topological polar surface area (TPSA) is 61.8 Å². The van der Waals surface area contributed by atoms with Crippen molar-refractivity contribution in [3.63, 3.8) is 0 Å². The summed E-state index contributed by atoms with van der Waals surface area (Å²) in [7, 11) is 1.52. The van der Waals surface area contributed by atoms with Crippen molar-refractivity contribution in [1.82, 2.24) is 0 Å². The van der Waals surface area contributed by atoms with Crippen LogP contribution >= 0.6 is 11.6 Å². The van der Waals surface area contributed by atoms with Crippen molar-refractivity contribution in [3.8, 4) is 5.75 Å². The summed E-state index contributed by atoms with van der Waals surface area (Å²) in [6, 6.07) is 5.09. The third-order valence-electron chi connectivity index (χ3n) is 3.68. The fraction of sp³-hybridized carbons (Fsp3) is 0.579. The van der Waals surface area contributed by atoms with Gasteiger partial charge in [0.1, 0.15) is 12.4 Å². The molecule has 0 unspecified atom stereocenters. The summed E-state index contributed by atoms with van der Waals surface area (Å²) in [6.45, 7) is 2.65. The molecular formula is C19H27ClO5. The Kier molecular flexibility index (Phi) is 10.7. The van der Waals surface area contributed by atoms with Crippen LogP contribution in [0.15, 0.2) is 18.2 Å². The van der Waals surface area contributed by atoms with Crippen molar-refractivity contribution < 1.29 is 23.8 Å². The quantitative estimate of drug-likeness (QED) is 0.394. The monoisotopic (exact) mass is 370 g/mol. The van der Waals surface area contributed by atoms with E-state index >= 15 is 0 Å². The first kappa shape index (κ1) is 21.3. The lowest BCUT2D eigenvalue weighted by Gasteiger charge is -2.10. The van der Waals surface area contributed by atoms with Crippen LogP contribution in [0.3, 0.4) is 0 Å². The Morgan fingerprint density at radius 3 is 2.36 bits per heavy atom. The van der Waals surface area contributed by atoms with Gasteiger partial charge in [0.25, 0.3) is 0 Å². The third-order valence-corrected chi connectivity index (χ3v) is 3.92. The molecule has 0 amide bonds. The maximum atomic E-state index is 11.7. The summed E-state index contributed by atoms with van der Waals surface area (Å²) < 4.78 is 15.5. The summed E-state index contributed by atoms with van der Waals surface area (Å²) in [5, 5.41) is 0.546. The van der Waals surface area contributed by atoms with Crippen LogP contribution in [0.4, 0.5) is 0 Å². The van der Waals surface area contributed by atoms with Gasteiger partial charge in [0, 0.05) is 10.6 Å². The molecule has 140 valence electrons. The summed E-state index contributed by atoms with van der Waals surface area (Å²) >= 11 is 5.88. The molecular weight excluding hydrogens is 344 g/mol. The molecule has 0 heterocycles. The Labute approximate surface area is 154 Å². The van der Waals surface area contributed by atoms with Crippen LogP contribution in [0.2, 0.25) is 5.02 Å². The molecule has 6 heteroatoms. The standard InChI is InChI=1S/C19H27ClO5/c1-3-4-5-6-7-12-24-18(21)10-11-19(22)25-14-15-8-9-16(20)13-17(15)23-2/h8-9,13H,3-7,10-12,14H2,1-2H3. The molecule has 0 saturated carbocycles. The van der Waals surface area contributed by atoms with Gasteiger partial charge in [-0.2, -0.15) is 0 Å². The van der Waals surface area contributed by atoms with Gasteiger partial charge in [0.05, 0.1) is 26.6 Å². The first-order valence-electron chi connectivity index (χ1n) is 8.70. The molecule has 0 spiro atoms. The maximum absolute atomic E-state index is 11.7. The minimum atomic E-state index is -0.447. The number of carbonyl (C=O) groups is 2. The van der Waals surface area contributed by atoms with Crippen molar-refractivity contribution in [2.45, 2.75) is 58.5 Å². The Morgan fingerprint density at radius 1 is 1.00 bits per heavy atom. The van der Waals surface area contributed by atoms with E-state index in [1.807, 2.05) is 0 Å². The zero-order chi connectivity index (χ0) is 18.5. The Hall–Kier alpha value is -1.75. The van der Waals surface area contributed by atoms with Crippen molar-refractivity contribution in [2.24, 2.45) is 0 Å². The minimum Gasteiger partial charge on any atom is -0.496 e. The van der Waals surface area contributed by atoms with E-state index in [-0.39, 0.29) is 25.4 Å². The van der Waals surface area contributed by atoms with Gasteiger partial charge in [-0.1, -0.05) is 50.3 Å². The van der Waals surface area contributed by atoms with Crippen LogP contribution in [0.25, 0.3) is 0 Å². The fourth-order valence-corrected chi connectivity index (χ4v) is 2.40. The predicted molar refractivity (Wildman–Crippen MR) is 96.8 cm³/mol. The predicted octanol–water partition coefficient (Wildman–Crippen LogP) is 4.69. The summed E-state index contributed by atoms with van der Waals surface area (Å²) in [5.74, 6) is -0.254. The number of esters is 2. The maximum Gasteiger partial charge on any atom is 0.306 e. The van der Waals surface area contributed by atoms with Gasteiger partial charge < -0.3 is 14.2 Å². The molecule has 0 aromatic heterocycles. The van der Waals surface area contributed by atoms with E-state index in [4.69, 9.17) is 25.8 Å². The molecule has 1 aromatic rings. The molecule has 0 fully saturated rings. The van der Waals surface area contributed by atoms with E-state index in [2.05, 4.69) is 6.92 Å². The van der Waals surface area contributed by atoms with E-state index in [1.165, 1.54) is 20.0 Å². The van der Waals surface area contributed by atoms with Gasteiger partial charge in [-0.3, -0.25) is 9.59 Å². The van der Waals surface area contributed by atoms with Gasteiger partial charge in [-0.15, -0.1) is 0 Å². The summed E-state index contributed by atoms with van der Waals surface area (Å²) in [5.41, 5.74) is 0.718. The highest BCUT2D eigenvalue weighted by Gasteiger charge is 2.11. The lowest BCUT2D eigenvalue weighted by molar-refractivity contribution is -0.151. The SMILES string of the molecule is CCCCCCCOC(=O)CCC(=O)OCc1ccc(Cl)cc1OC. The average Bonchev–Trinajstić information content (AvgIpc) is 2.61. The summed E-state index contributed by atoms with van der Waals surface area (Å²) in [6.07, 6.45) is 5.52. The molecule has 0 N–H and O–H groups in total. The highest BCUT2D eigenvalue weighted by atomic mass is 35.5. The van der Waals surface area contributed by atoms with Crippen LogP contribution in [0.5, 0.6) is 5.75 Å². The molecule has 25 heavy (non-hydrogen) atoms. The first-order valence-corrected chi connectivity index (χ1v) is 9.08. The van der Waals surface area contributed by atoms with Crippen LogP contribution < -0.4 is 4.74 Å². The Morgan fingerprint density at radius 2 is 1.68 bits per heavy atom. The van der Waals surface area contributed by atoms with E-state index in [0.717, 1.165) is 24.8 Å². The third kappa shape index (κ3) is 9.34. The Bertz CT molecular complexity index is 545. The van der Waals surface area contributed by atoms with Crippen LogP contribution in [0, 0.1) is 0 Å². The molecule has 1 aromatic carbocycles. The molecule has 1 rings (SSSR count). The number of ether oxygens (including phenoxy) is 3. The fourth-order valence-electron chi connectivity index (χ4n) is 2.24. The number of methoxy groups -OCH3 is 1. The molecule has 0 saturated heterocycles. The lowest BCUT2D eigenvalue weighted by atomic mass is 10.2. The first-order chi connectivity index (χ1) is 12.1. The molecule has 0 bridgehead atoms. The molecule has 0 aliphatic carbocycles. The number of carbonyl (C=O) groups excluding carboxylic acids is 2. The largest absolute Gasteiger partial charge is 0.496 e. The average molecular weight is 371 g/mol. The highest BCUT2D eigenvalue weighted by Crippen LogP contribution is 2.23. The molecule has 0 atom stereocenters. The minimum absolute atomic E-state index is 0.00454. The van der Waals surface area contributed by atoms with Crippen molar-refractivity contribution in [3.05, 3.63) is 28.8 Å². The molecule has 0 radical (unpaired) electrons. The summed E-state index contributed by atoms with van der Waals surface area (Å²) in [4.78, 5) is 23.3. The normalized spacial score (nSPS) is 10.4. The number of unbranched alkanes of at least 4 members (excludes halogenated alkanes) is 4. The molecule has 0 aliphatic heterocycles. The Balaban J connectivity index is 2.19. The van der Waals surface area contributed by atoms with Gasteiger partial charge in [0.2, 0.25) is 0 Å². The van der Waals surface area contributed by atoms with E-state index in [1.54, 1.807) is 18.2 Å². The lowest BCUT2D eigenvalue weighted by Crippen LogP contribution is -2.11. The van der Waals surface area contributed by atoms with Gasteiger partial charge in [-0.25, -0.2) is 0 Å².